The van der Waals surface area contributed by atoms with Gasteiger partial charge in [-0.15, -0.1) is 0 Å². The third-order valence-corrected chi connectivity index (χ3v) is 6.54. The van der Waals surface area contributed by atoms with Crippen molar-refractivity contribution in [2.75, 3.05) is 22.5 Å². The second-order valence-electron chi connectivity index (χ2n) is 8.91. The third-order valence-electron chi connectivity index (χ3n) is 6.54. The molecule has 1 aliphatic rings. The van der Waals surface area contributed by atoms with Crippen LogP contribution < -0.4 is 16.0 Å². The summed E-state index contributed by atoms with van der Waals surface area (Å²) < 4.78 is 0. The van der Waals surface area contributed by atoms with E-state index < -0.39 is 0 Å². The zero-order valence-electron chi connectivity index (χ0n) is 20.3. The molecule has 0 amide bonds. The molecule has 180 valence electrons. The summed E-state index contributed by atoms with van der Waals surface area (Å²) in [5.74, 6) is 0.754. The van der Waals surface area contributed by atoms with Gasteiger partial charge < -0.3 is 21.1 Å². The van der Waals surface area contributed by atoms with Crippen molar-refractivity contribution in [1.82, 2.24) is 9.97 Å². The van der Waals surface area contributed by atoms with E-state index in [0.717, 1.165) is 17.9 Å². The summed E-state index contributed by atoms with van der Waals surface area (Å²) >= 11 is 0. The molecule has 0 radical (unpaired) electrons. The lowest BCUT2D eigenvalue weighted by Gasteiger charge is -2.34. The number of fused-ring (bicyclic) bond motifs is 1. The number of hydrogen-bond donors (Lipinski definition) is 4. The molecule has 7 nitrogen and oxygen atoms in total. The maximum atomic E-state index is 9.89. The average molecular weight is 477 g/mol. The van der Waals surface area contributed by atoms with Gasteiger partial charge in [-0.3, -0.25) is 5.41 Å². The summed E-state index contributed by atoms with van der Waals surface area (Å²) in [7, 11) is 0. The summed E-state index contributed by atoms with van der Waals surface area (Å²) in [6, 6.07) is 21.3. The van der Waals surface area contributed by atoms with Gasteiger partial charge in [0.15, 0.2) is 0 Å². The first-order valence-electron chi connectivity index (χ1n) is 11.8. The van der Waals surface area contributed by atoms with E-state index in [1.165, 1.54) is 34.6 Å². The molecule has 0 fully saturated rings. The molecule has 5 N–H and O–H groups in total. The van der Waals surface area contributed by atoms with Crippen molar-refractivity contribution in [3.63, 3.8) is 0 Å². The maximum Gasteiger partial charge on any atom is 0.141 e. The molecule has 5 rings (SSSR count). The predicted octanol–water partition coefficient (Wildman–Crippen LogP) is 5.27. The van der Waals surface area contributed by atoms with Gasteiger partial charge in [0.1, 0.15) is 23.7 Å². The molecule has 4 aromatic rings. The number of nitrogens with zero attached hydrogens (tertiary/aromatic N) is 3. The molecule has 2 heterocycles. The van der Waals surface area contributed by atoms with Crippen molar-refractivity contribution in [2.45, 2.75) is 20.4 Å². The Hall–Kier alpha value is -4.65. The van der Waals surface area contributed by atoms with Crippen molar-refractivity contribution in [1.29, 1.82) is 5.41 Å². The Morgan fingerprint density at radius 3 is 2.61 bits per heavy atom. The maximum absolute atomic E-state index is 9.89. The number of aromatic hydroxyl groups is 1. The highest BCUT2D eigenvalue weighted by atomic mass is 16.3. The van der Waals surface area contributed by atoms with Gasteiger partial charge >= 0.3 is 0 Å². The van der Waals surface area contributed by atoms with Gasteiger partial charge in [-0.25, -0.2) is 9.97 Å². The minimum absolute atomic E-state index is 0.0809. The quantitative estimate of drug-likeness (QED) is 0.282. The number of phenols is 1. The number of nitrogens with two attached hydrogens (primary N) is 1. The van der Waals surface area contributed by atoms with Gasteiger partial charge in [0, 0.05) is 23.5 Å². The van der Waals surface area contributed by atoms with E-state index in [4.69, 9.17) is 11.1 Å². The summed E-state index contributed by atoms with van der Waals surface area (Å²) in [5.41, 5.74) is 14.5. The molecular weight excluding hydrogens is 448 g/mol. The normalized spacial score (nSPS) is 12.6. The van der Waals surface area contributed by atoms with E-state index in [9.17, 15) is 5.11 Å². The Balaban J connectivity index is 1.51. The molecule has 7 heteroatoms. The second kappa shape index (κ2) is 9.54. The van der Waals surface area contributed by atoms with Gasteiger partial charge in [0.25, 0.3) is 0 Å². The highest BCUT2D eigenvalue weighted by molar-refractivity contribution is 6.16. The molecule has 0 atom stereocenters. The minimum atomic E-state index is 0.0809. The lowest BCUT2D eigenvalue weighted by atomic mass is 9.96. The fourth-order valence-electron chi connectivity index (χ4n) is 4.61. The van der Waals surface area contributed by atoms with E-state index >= 15 is 0 Å². The lowest BCUT2D eigenvalue weighted by Crippen LogP contribution is -2.30. The summed E-state index contributed by atoms with van der Waals surface area (Å²) in [4.78, 5) is 10.9. The molecule has 0 aliphatic carbocycles. The number of aryl methyl sites for hydroxylation is 2. The first-order valence-corrected chi connectivity index (χ1v) is 11.8. The van der Waals surface area contributed by atoms with Gasteiger partial charge in [-0.05, 0) is 60.4 Å². The number of nitrogen functional groups attached to an aromatic ring is 1. The fourth-order valence-corrected chi connectivity index (χ4v) is 4.61. The largest absolute Gasteiger partial charge is 0.508 e. The van der Waals surface area contributed by atoms with Gasteiger partial charge in [0.2, 0.25) is 0 Å². The topological polar surface area (TPSA) is 111 Å². The van der Waals surface area contributed by atoms with Crippen LogP contribution in [0.15, 0.2) is 78.8 Å². The number of phenolic OH excluding ortho intramolecular Hbond substituents is 1. The predicted molar refractivity (Wildman–Crippen MR) is 145 cm³/mol. The molecule has 0 bridgehead atoms. The molecular formula is C29H28N6O. The highest BCUT2D eigenvalue weighted by Gasteiger charge is 2.23. The standard InChI is InChI=1S/C29H28N6O/c1-18-8-5-9-20-13-22(35(16-24(18)20)25-12-4-3-7-19(25)2)15-32-29-26(28(31)33-17-34-29)27(30)21-10-6-11-23(36)14-21/h3-14,17,30,36H,15-16H2,1-2H3,(H3,31,32,33,34). The SMILES string of the molecule is Cc1ccccc1N1Cc2c(C)cccc2C=C1CNc1ncnc(N)c1C(=N)c1cccc(O)c1. The van der Waals surface area contributed by atoms with E-state index in [-0.39, 0.29) is 17.3 Å². The van der Waals surface area contributed by atoms with Crippen LogP contribution in [0.5, 0.6) is 5.75 Å². The third kappa shape index (κ3) is 4.38. The Labute approximate surface area is 210 Å². The van der Waals surface area contributed by atoms with Crippen LogP contribution in [0.25, 0.3) is 6.08 Å². The molecule has 36 heavy (non-hydrogen) atoms. The minimum Gasteiger partial charge on any atom is -0.508 e. The van der Waals surface area contributed by atoms with Crippen molar-refractivity contribution in [3.05, 3.63) is 112 Å². The van der Waals surface area contributed by atoms with Gasteiger partial charge in [-0.1, -0.05) is 48.5 Å². The summed E-state index contributed by atoms with van der Waals surface area (Å²) in [5, 5.41) is 22.1. The van der Waals surface area contributed by atoms with Gasteiger partial charge in [-0.2, -0.15) is 0 Å². The van der Waals surface area contributed by atoms with Crippen LogP contribution in [0, 0.1) is 19.3 Å². The van der Waals surface area contributed by atoms with E-state index in [1.807, 2.05) is 6.07 Å². The van der Waals surface area contributed by atoms with Crippen molar-refractivity contribution in [3.8, 4) is 5.75 Å². The number of hydrogen-bond acceptors (Lipinski definition) is 7. The van der Waals surface area contributed by atoms with E-state index in [0.29, 0.717) is 23.5 Å². The van der Waals surface area contributed by atoms with Gasteiger partial charge in [0.05, 0.1) is 17.8 Å². The molecule has 1 aliphatic heterocycles. The second-order valence-corrected chi connectivity index (χ2v) is 8.91. The number of rotatable bonds is 6. The van der Waals surface area contributed by atoms with Crippen LogP contribution >= 0.6 is 0 Å². The molecule has 0 saturated carbocycles. The number of aromatic nitrogens is 2. The van der Waals surface area contributed by atoms with Crippen molar-refractivity contribution >= 4 is 29.1 Å². The van der Waals surface area contributed by atoms with Crippen LogP contribution in [0.3, 0.4) is 0 Å². The van der Waals surface area contributed by atoms with E-state index in [1.54, 1.807) is 18.2 Å². The average Bonchev–Trinajstić information content (AvgIpc) is 2.87. The van der Waals surface area contributed by atoms with Crippen LogP contribution in [0.2, 0.25) is 0 Å². The molecule has 0 spiro atoms. The summed E-state index contributed by atoms with van der Waals surface area (Å²) in [6.07, 6.45) is 3.60. The smallest absolute Gasteiger partial charge is 0.141 e. The van der Waals surface area contributed by atoms with Crippen molar-refractivity contribution in [2.24, 2.45) is 0 Å². The zero-order chi connectivity index (χ0) is 25.2. The molecule has 3 aromatic carbocycles. The Bertz CT molecular complexity index is 1490. The number of para-hydroxylation sites is 1. The zero-order valence-corrected chi connectivity index (χ0v) is 20.3. The van der Waals surface area contributed by atoms with Crippen LogP contribution in [0.4, 0.5) is 17.3 Å². The Kier molecular flexibility index (Phi) is 6.12. The lowest BCUT2D eigenvalue weighted by molar-refractivity contribution is 0.475. The van der Waals surface area contributed by atoms with E-state index in [2.05, 4.69) is 76.5 Å². The number of benzene rings is 3. The fraction of sp³-hybridized carbons (Fsp3) is 0.138. The Morgan fingerprint density at radius 2 is 1.81 bits per heavy atom. The first kappa shape index (κ1) is 23.1. The number of anilines is 3. The first-order chi connectivity index (χ1) is 17.4. The van der Waals surface area contributed by atoms with Crippen molar-refractivity contribution < 1.29 is 5.11 Å². The summed E-state index contributed by atoms with van der Waals surface area (Å²) in [6.45, 7) is 5.50. The monoisotopic (exact) mass is 476 g/mol. The molecule has 1 aromatic heterocycles. The highest BCUT2D eigenvalue weighted by Crippen LogP contribution is 2.33. The van der Waals surface area contributed by atoms with Crippen LogP contribution in [0.1, 0.15) is 33.4 Å². The Morgan fingerprint density at radius 1 is 1.03 bits per heavy atom. The molecule has 0 saturated heterocycles. The van der Waals surface area contributed by atoms with Crippen LogP contribution in [-0.2, 0) is 6.54 Å². The van der Waals surface area contributed by atoms with Crippen LogP contribution in [-0.4, -0.2) is 27.3 Å². The molecule has 0 unspecified atom stereocenters. The number of nitrogens with one attached hydrogen (secondary N) is 2.